The highest BCUT2D eigenvalue weighted by atomic mass is 32.2. The Morgan fingerprint density at radius 3 is 2.80 bits per heavy atom. The number of benzene rings is 1. The lowest BCUT2D eigenvalue weighted by Gasteiger charge is -2.05. The van der Waals surface area contributed by atoms with E-state index >= 15 is 0 Å². The van der Waals surface area contributed by atoms with Crippen LogP contribution >= 0.6 is 0 Å². The number of imidazole rings is 1. The largest absolute Gasteiger partial charge is 0.456 e. The number of carbonyl (C=O) groups excluding carboxylic acids is 1. The van der Waals surface area contributed by atoms with Crippen molar-refractivity contribution in [3.63, 3.8) is 0 Å². The van der Waals surface area contributed by atoms with Gasteiger partial charge in [0.25, 0.3) is 0 Å². The number of aromatic nitrogens is 3. The number of carbonyl (C=O) groups is 1. The second-order valence-electron chi connectivity index (χ2n) is 5.94. The highest BCUT2D eigenvalue weighted by molar-refractivity contribution is 7.83. The minimum Gasteiger partial charge on any atom is -0.456 e. The molecule has 0 aliphatic carbocycles. The Morgan fingerprint density at radius 2 is 2.04 bits per heavy atom. The molecule has 0 aliphatic rings. The molecular weight excluding hydrogens is 338 g/mol. The third kappa shape index (κ3) is 4.11. The van der Waals surface area contributed by atoms with Gasteiger partial charge in [-0.05, 0) is 37.6 Å². The van der Waals surface area contributed by atoms with Crippen molar-refractivity contribution in [2.75, 3.05) is 6.26 Å². The second-order valence-corrected chi connectivity index (χ2v) is 7.37. The Labute approximate surface area is 148 Å². The van der Waals surface area contributed by atoms with Crippen molar-refractivity contribution in [1.29, 1.82) is 0 Å². The predicted octanol–water partition coefficient (Wildman–Crippen LogP) is 2.58. The summed E-state index contributed by atoms with van der Waals surface area (Å²) in [5, 5.41) is 0. The molecule has 0 saturated carbocycles. The van der Waals surface area contributed by atoms with Gasteiger partial charge in [0, 0.05) is 40.4 Å². The summed E-state index contributed by atoms with van der Waals surface area (Å²) in [7, 11) is -0.957. The van der Waals surface area contributed by atoms with Crippen molar-refractivity contribution >= 4 is 22.5 Å². The summed E-state index contributed by atoms with van der Waals surface area (Å²) in [4.78, 5) is 21.0. The number of esters is 1. The SMILES string of the molecule is Cc1cc(C)n2cc(COC(=O)c3cccc(CS(C)=O)c3)nc2n1. The van der Waals surface area contributed by atoms with E-state index in [1.807, 2.05) is 36.6 Å². The summed E-state index contributed by atoms with van der Waals surface area (Å²) in [6, 6.07) is 8.97. The number of aryl methyl sites for hydroxylation is 2. The third-order valence-electron chi connectivity index (χ3n) is 3.70. The Hall–Kier alpha value is -2.54. The normalized spacial score (nSPS) is 12.3. The average Bonchev–Trinajstić information content (AvgIpc) is 2.95. The number of fused-ring (bicyclic) bond motifs is 1. The Balaban J connectivity index is 1.72. The molecule has 130 valence electrons. The van der Waals surface area contributed by atoms with Gasteiger partial charge in [-0.25, -0.2) is 14.8 Å². The molecule has 0 bridgehead atoms. The summed E-state index contributed by atoms with van der Waals surface area (Å²) in [5.41, 5.74) is 3.84. The number of ether oxygens (including phenoxy) is 1. The molecule has 1 atom stereocenters. The van der Waals surface area contributed by atoms with E-state index < -0.39 is 16.8 Å². The maximum absolute atomic E-state index is 12.2. The molecule has 0 radical (unpaired) electrons. The van der Waals surface area contributed by atoms with E-state index in [4.69, 9.17) is 4.74 Å². The lowest BCUT2D eigenvalue weighted by Crippen LogP contribution is -2.06. The summed E-state index contributed by atoms with van der Waals surface area (Å²) < 4.78 is 18.5. The van der Waals surface area contributed by atoms with E-state index in [1.54, 1.807) is 24.5 Å². The number of rotatable bonds is 5. The van der Waals surface area contributed by atoms with Gasteiger partial charge >= 0.3 is 5.97 Å². The Morgan fingerprint density at radius 1 is 1.24 bits per heavy atom. The Bertz CT molecular complexity index is 965. The van der Waals surface area contributed by atoms with Crippen molar-refractivity contribution in [3.05, 3.63) is 64.7 Å². The van der Waals surface area contributed by atoms with Crippen molar-refractivity contribution in [2.45, 2.75) is 26.2 Å². The molecular formula is C18H19N3O3S. The summed E-state index contributed by atoms with van der Waals surface area (Å²) in [6.07, 6.45) is 3.45. The first-order valence-electron chi connectivity index (χ1n) is 7.80. The van der Waals surface area contributed by atoms with Crippen LogP contribution in [0.1, 0.15) is 33.0 Å². The average molecular weight is 357 g/mol. The number of hydrogen-bond donors (Lipinski definition) is 0. The molecule has 0 spiro atoms. The van der Waals surface area contributed by atoms with Crippen LogP contribution in [-0.2, 0) is 27.9 Å². The van der Waals surface area contributed by atoms with Crippen LogP contribution < -0.4 is 0 Å². The number of hydrogen-bond acceptors (Lipinski definition) is 5. The molecule has 1 unspecified atom stereocenters. The summed E-state index contributed by atoms with van der Waals surface area (Å²) >= 11 is 0. The van der Waals surface area contributed by atoms with Gasteiger partial charge in [0.1, 0.15) is 6.61 Å². The highest BCUT2D eigenvalue weighted by Crippen LogP contribution is 2.12. The molecule has 0 N–H and O–H groups in total. The van der Waals surface area contributed by atoms with Gasteiger partial charge in [-0.1, -0.05) is 12.1 Å². The highest BCUT2D eigenvalue weighted by Gasteiger charge is 2.11. The summed E-state index contributed by atoms with van der Waals surface area (Å²) in [6.45, 7) is 3.96. The standard InChI is InChI=1S/C18H19N3O3S/c1-12-7-13(2)21-9-16(20-18(21)19-12)10-24-17(22)15-6-4-5-14(8-15)11-25(3)23/h4-9H,10-11H2,1-3H3. The van der Waals surface area contributed by atoms with E-state index in [2.05, 4.69) is 9.97 Å². The van der Waals surface area contributed by atoms with Gasteiger partial charge in [-0.15, -0.1) is 0 Å². The van der Waals surface area contributed by atoms with Crippen molar-refractivity contribution in [3.8, 4) is 0 Å². The van der Waals surface area contributed by atoms with Crippen molar-refractivity contribution < 1.29 is 13.7 Å². The molecule has 2 aromatic heterocycles. The van der Waals surface area contributed by atoms with Crippen LogP contribution in [0.4, 0.5) is 0 Å². The van der Waals surface area contributed by atoms with Gasteiger partial charge in [-0.2, -0.15) is 0 Å². The molecule has 6 nitrogen and oxygen atoms in total. The molecule has 0 amide bonds. The van der Waals surface area contributed by atoms with Crippen LogP contribution in [0.15, 0.2) is 36.5 Å². The zero-order chi connectivity index (χ0) is 18.0. The van der Waals surface area contributed by atoms with E-state index in [9.17, 15) is 9.00 Å². The van der Waals surface area contributed by atoms with Crippen LogP contribution in [0, 0.1) is 13.8 Å². The zero-order valence-electron chi connectivity index (χ0n) is 14.4. The molecule has 0 fully saturated rings. The summed E-state index contributed by atoms with van der Waals surface area (Å²) in [5.74, 6) is 0.579. The molecule has 3 rings (SSSR count). The number of nitrogens with zero attached hydrogens (tertiary/aromatic N) is 3. The van der Waals surface area contributed by atoms with Crippen LogP contribution in [-0.4, -0.2) is 30.8 Å². The van der Waals surface area contributed by atoms with Gasteiger partial charge < -0.3 is 4.74 Å². The quantitative estimate of drug-likeness (QED) is 0.656. The van der Waals surface area contributed by atoms with Crippen LogP contribution in [0.25, 0.3) is 5.78 Å². The van der Waals surface area contributed by atoms with Crippen LogP contribution in [0.5, 0.6) is 0 Å². The van der Waals surface area contributed by atoms with Crippen LogP contribution in [0.2, 0.25) is 0 Å². The molecule has 0 aliphatic heterocycles. The minimum atomic E-state index is -0.957. The molecule has 7 heteroatoms. The topological polar surface area (TPSA) is 73.6 Å². The second kappa shape index (κ2) is 7.14. The molecule has 25 heavy (non-hydrogen) atoms. The van der Waals surface area contributed by atoms with Gasteiger partial charge in [0.2, 0.25) is 5.78 Å². The zero-order valence-corrected chi connectivity index (χ0v) is 15.2. The monoisotopic (exact) mass is 357 g/mol. The van der Waals surface area contributed by atoms with E-state index in [0.29, 0.717) is 22.8 Å². The lowest BCUT2D eigenvalue weighted by molar-refractivity contribution is 0.0468. The van der Waals surface area contributed by atoms with E-state index in [-0.39, 0.29) is 6.61 Å². The molecule has 2 heterocycles. The smallest absolute Gasteiger partial charge is 0.338 e. The van der Waals surface area contributed by atoms with Gasteiger partial charge in [0.15, 0.2) is 0 Å². The first-order chi connectivity index (χ1) is 11.9. The third-order valence-corrected chi connectivity index (χ3v) is 4.43. The first kappa shape index (κ1) is 17.3. The fraction of sp³-hybridized carbons (Fsp3) is 0.278. The maximum Gasteiger partial charge on any atom is 0.338 e. The molecule has 3 aromatic rings. The fourth-order valence-corrected chi connectivity index (χ4v) is 3.28. The minimum absolute atomic E-state index is 0.0740. The predicted molar refractivity (Wildman–Crippen MR) is 95.8 cm³/mol. The van der Waals surface area contributed by atoms with Gasteiger partial charge in [-0.3, -0.25) is 8.61 Å². The van der Waals surface area contributed by atoms with Crippen LogP contribution in [0.3, 0.4) is 0 Å². The lowest BCUT2D eigenvalue weighted by atomic mass is 10.1. The first-order valence-corrected chi connectivity index (χ1v) is 9.53. The molecule has 0 saturated heterocycles. The maximum atomic E-state index is 12.2. The van der Waals surface area contributed by atoms with Gasteiger partial charge in [0.05, 0.1) is 11.3 Å². The van der Waals surface area contributed by atoms with E-state index in [0.717, 1.165) is 17.0 Å². The Kier molecular flexibility index (Phi) is 4.94. The van der Waals surface area contributed by atoms with E-state index in [1.165, 1.54) is 0 Å². The fourth-order valence-electron chi connectivity index (χ4n) is 2.63. The van der Waals surface area contributed by atoms with Crippen molar-refractivity contribution in [1.82, 2.24) is 14.4 Å². The molecule has 1 aromatic carbocycles. The van der Waals surface area contributed by atoms with Crippen molar-refractivity contribution in [2.24, 2.45) is 0 Å².